The summed E-state index contributed by atoms with van der Waals surface area (Å²) >= 11 is 12.6. The first-order valence-corrected chi connectivity index (χ1v) is 16.4. The van der Waals surface area contributed by atoms with Crippen molar-refractivity contribution in [3.8, 4) is 5.75 Å². The van der Waals surface area contributed by atoms with Crippen molar-refractivity contribution >= 4 is 78.5 Å². The molecule has 0 radical (unpaired) electrons. The maximum Gasteiger partial charge on any atom is 0.322 e. The Morgan fingerprint density at radius 3 is 2.38 bits per heavy atom. The van der Waals surface area contributed by atoms with Gasteiger partial charge in [-0.2, -0.15) is 0 Å². The molecular formula is C32H32Br2ClN5O5. The lowest BCUT2D eigenvalue weighted by atomic mass is 9.99. The van der Waals surface area contributed by atoms with Gasteiger partial charge in [0.25, 0.3) is 5.91 Å². The minimum atomic E-state index is -1.12. The van der Waals surface area contributed by atoms with E-state index in [1.54, 1.807) is 41.3 Å². The Balaban J connectivity index is 1.25. The Morgan fingerprint density at radius 1 is 1.02 bits per heavy atom. The minimum Gasteiger partial charge on any atom is -0.484 e. The molecule has 3 aromatic rings. The van der Waals surface area contributed by atoms with Gasteiger partial charge in [-0.15, -0.1) is 0 Å². The molecule has 1 atom stereocenters. The van der Waals surface area contributed by atoms with E-state index in [0.717, 1.165) is 17.7 Å². The number of piperidine rings is 1. The van der Waals surface area contributed by atoms with E-state index >= 15 is 0 Å². The van der Waals surface area contributed by atoms with Crippen LogP contribution in [0.15, 0.2) is 69.6 Å². The van der Waals surface area contributed by atoms with Crippen LogP contribution in [0, 0.1) is 0 Å². The third kappa shape index (κ3) is 8.16. The van der Waals surface area contributed by atoms with Crippen LogP contribution in [0.3, 0.4) is 0 Å². The van der Waals surface area contributed by atoms with E-state index in [9.17, 15) is 19.2 Å². The number of ether oxygens (including phenoxy) is 1. The number of fused-ring (bicyclic) bond motifs is 1. The average molecular weight is 762 g/mol. The molecule has 0 spiro atoms. The Hall–Kier alpha value is -3.61. The summed E-state index contributed by atoms with van der Waals surface area (Å²) in [5.41, 5.74) is 8.67. The molecule has 1 fully saturated rings. The van der Waals surface area contributed by atoms with Crippen molar-refractivity contribution in [2.45, 2.75) is 37.8 Å². The van der Waals surface area contributed by atoms with Gasteiger partial charge in [0.15, 0.2) is 12.4 Å². The second kappa shape index (κ2) is 14.7. The molecule has 2 aliphatic heterocycles. The zero-order valence-corrected chi connectivity index (χ0v) is 28.2. The van der Waals surface area contributed by atoms with Gasteiger partial charge in [0.05, 0.1) is 5.69 Å². The molecule has 3 aromatic carbocycles. The highest BCUT2D eigenvalue weighted by Crippen LogP contribution is 2.30. The van der Waals surface area contributed by atoms with Crippen molar-refractivity contribution in [2.75, 3.05) is 37.3 Å². The highest BCUT2D eigenvalue weighted by Gasteiger charge is 2.35. The Bertz CT molecular complexity index is 1570. The van der Waals surface area contributed by atoms with Gasteiger partial charge in [0.2, 0.25) is 5.91 Å². The molecule has 13 heteroatoms. The SMILES string of the molecule is Nc1c(Br)cc(C(=O)C[C@@H](NC(=O)COc2ccc(Cl)cc2)C(=O)N2CCC(N3CCc4ccccc4NC3=O)CC2)cc1Br. The van der Waals surface area contributed by atoms with Gasteiger partial charge < -0.3 is 30.9 Å². The van der Waals surface area contributed by atoms with Crippen molar-refractivity contribution in [1.82, 2.24) is 15.1 Å². The number of hydrogen-bond donors (Lipinski definition) is 3. The number of carbonyl (C=O) groups excluding carboxylic acids is 4. The molecule has 4 N–H and O–H groups in total. The number of nitrogens with zero attached hydrogens (tertiary/aromatic N) is 2. The fraction of sp³-hybridized carbons (Fsp3) is 0.312. The monoisotopic (exact) mass is 759 g/mol. The first kappa shape index (κ1) is 32.8. The summed E-state index contributed by atoms with van der Waals surface area (Å²) in [4.78, 5) is 56.7. The van der Waals surface area contributed by atoms with Gasteiger partial charge in [-0.25, -0.2) is 4.79 Å². The second-order valence-electron chi connectivity index (χ2n) is 10.9. The van der Waals surface area contributed by atoms with Crippen LogP contribution < -0.4 is 21.1 Å². The molecule has 0 bridgehead atoms. The molecule has 0 unspecified atom stereocenters. The van der Waals surface area contributed by atoms with Gasteiger partial charge in [0.1, 0.15) is 11.8 Å². The maximum atomic E-state index is 13.8. The summed E-state index contributed by atoms with van der Waals surface area (Å²) in [6.07, 6.45) is 1.62. The number of carbonyl (C=O) groups is 4. The fourth-order valence-electron chi connectivity index (χ4n) is 5.52. The third-order valence-electron chi connectivity index (χ3n) is 7.97. The summed E-state index contributed by atoms with van der Waals surface area (Å²) in [6.45, 7) is 0.976. The van der Waals surface area contributed by atoms with Crippen LogP contribution in [-0.2, 0) is 16.0 Å². The number of nitrogens with two attached hydrogens (primary N) is 1. The molecule has 2 aliphatic rings. The van der Waals surface area contributed by atoms with Crippen LogP contribution >= 0.6 is 43.5 Å². The van der Waals surface area contributed by atoms with Gasteiger partial charge in [0, 0.05) is 57.3 Å². The van der Waals surface area contributed by atoms with Crippen molar-refractivity contribution in [2.24, 2.45) is 0 Å². The fourth-order valence-corrected chi connectivity index (χ4v) is 6.83. The first-order valence-electron chi connectivity index (χ1n) is 14.5. The van der Waals surface area contributed by atoms with E-state index in [2.05, 4.69) is 42.5 Å². The number of anilines is 2. The number of Topliss-reactive ketones (excluding diaryl/α,β-unsaturated/α-hetero) is 1. The Morgan fingerprint density at radius 2 is 1.69 bits per heavy atom. The number of likely N-dealkylation sites (tertiary alicyclic amines) is 1. The van der Waals surface area contributed by atoms with Gasteiger partial charge >= 0.3 is 6.03 Å². The van der Waals surface area contributed by atoms with Crippen LogP contribution in [0.5, 0.6) is 5.75 Å². The van der Waals surface area contributed by atoms with Crippen LogP contribution in [0.1, 0.15) is 35.2 Å². The van der Waals surface area contributed by atoms with Crippen molar-refractivity contribution in [3.05, 3.63) is 85.8 Å². The summed E-state index contributed by atoms with van der Waals surface area (Å²) in [6, 6.07) is 16.2. The predicted molar refractivity (Wildman–Crippen MR) is 180 cm³/mol. The van der Waals surface area contributed by atoms with Crippen molar-refractivity contribution < 1.29 is 23.9 Å². The van der Waals surface area contributed by atoms with Gasteiger partial charge in [-0.3, -0.25) is 14.4 Å². The quantitative estimate of drug-likeness (QED) is 0.190. The first-order chi connectivity index (χ1) is 21.6. The number of nitrogen functional groups attached to an aromatic ring is 1. The van der Waals surface area contributed by atoms with E-state index in [0.29, 0.717) is 63.4 Å². The number of ketones is 1. The van der Waals surface area contributed by atoms with E-state index in [1.807, 2.05) is 29.2 Å². The zero-order chi connectivity index (χ0) is 32.1. The summed E-state index contributed by atoms with van der Waals surface area (Å²) in [5, 5.41) is 6.25. The number of halogens is 3. The van der Waals surface area contributed by atoms with Crippen molar-refractivity contribution in [1.29, 1.82) is 0 Å². The Kier molecular flexibility index (Phi) is 10.7. The van der Waals surface area contributed by atoms with Gasteiger partial charge in [-0.1, -0.05) is 29.8 Å². The maximum absolute atomic E-state index is 13.8. The normalized spacial score (nSPS) is 15.8. The standard InChI is InChI=1S/C32H32Br2ClN5O5/c33-24-15-20(16-25(34)30(24)36)28(41)17-27(37-29(42)18-45-23-7-5-21(35)6-8-23)31(43)39-12-10-22(11-13-39)40-14-9-19-3-1-2-4-26(19)38-32(40)44/h1-8,15-16,22,27H,9-14,17-18,36H2,(H,37,42)(H,38,44)/t27-/m1/s1. The number of rotatable bonds is 9. The predicted octanol–water partition coefficient (Wildman–Crippen LogP) is 5.67. The molecule has 1 saturated heterocycles. The molecule has 2 heterocycles. The number of amides is 4. The Labute approximate surface area is 282 Å². The molecule has 4 amide bonds. The summed E-state index contributed by atoms with van der Waals surface area (Å²) < 4.78 is 6.62. The third-order valence-corrected chi connectivity index (χ3v) is 9.53. The lowest BCUT2D eigenvalue weighted by Gasteiger charge is -2.39. The number of para-hydroxylation sites is 1. The van der Waals surface area contributed by atoms with Gasteiger partial charge in [-0.05, 0) is 99.2 Å². The van der Waals surface area contributed by atoms with E-state index < -0.39 is 11.9 Å². The topological polar surface area (TPSA) is 134 Å². The minimum absolute atomic E-state index is 0.0460. The largest absolute Gasteiger partial charge is 0.484 e. The number of benzene rings is 3. The highest BCUT2D eigenvalue weighted by molar-refractivity contribution is 9.11. The van der Waals surface area contributed by atoms with Crippen LogP contribution in [0.25, 0.3) is 0 Å². The summed E-state index contributed by atoms with van der Waals surface area (Å²) in [7, 11) is 0. The average Bonchev–Trinajstić information content (AvgIpc) is 3.20. The van der Waals surface area contributed by atoms with E-state index in [4.69, 9.17) is 22.1 Å². The molecular weight excluding hydrogens is 730 g/mol. The molecule has 0 aliphatic carbocycles. The van der Waals surface area contributed by atoms with E-state index in [-0.39, 0.29) is 36.8 Å². The summed E-state index contributed by atoms with van der Waals surface area (Å²) in [5.74, 6) is -0.827. The number of hydrogen-bond acceptors (Lipinski definition) is 6. The molecule has 45 heavy (non-hydrogen) atoms. The number of nitrogens with one attached hydrogen (secondary N) is 2. The second-order valence-corrected chi connectivity index (χ2v) is 13.1. The lowest BCUT2D eigenvalue weighted by molar-refractivity contribution is -0.138. The van der Waals surface area contributed by atoms with Crippen molar-refractivity contribution in [3.63, 3.8) is 0 Å². The molecule has 10 nitrogen and oxygen atoms in total. The highest BCUT2D eigenvalue weighted by atomic mass is 79.9. The molecule has 0 aromatic heterocycles. The zero-order valence-electron chi connectivity index (χ0n) is 24.2. The molecule has 236 valence electrons. The van der Waals surface area contributed by atoms with E-state index in [1.165, 1.54) is 0 Å². The van der Waals surface area contributed by atoms with Crippen LogP contribution in [0.2, 0.25) is 5.02 Å². The lowest BCUT2D eigenvalue weighted by Crippen LogP contribution is -2.55. The van der Waals surface area contributed by atoms with Crippen LogP contribution in [0.4, 0.5) is 16.2 Å². The molecule has 5 rings (SSSR count). The van der Waals surface area contributed by atoms with Crippen LogP contribution in [-0.4, -0.2) is 71.8 Å². The smallest absolute Gasteiger partial charge is 0.322 e. The molecule has 0 saturated carbocycles. The number of urea groups is 1.